The van der Waals surface area contributed by atoms with Gasteiger partial charge in [0.15, 0.2) is 0 Å². The maximum atomic E-state index is 4.77. The maximum absolute atomic E-state index is 4.77. The van der Waals surface area contributed by atoms with E-state index in [1.54, 1.807) is 11.3 Å². The van der Waals surface area contributed by atoms with E-state index >= 15 is 0 Å². The van der Waals surface area contributed by atoms with Crippen molar-refractivity contribution in [2.24, 2.45) is 0 Å². The molecule has 0 saturated heterocycles. The highest BCUT2D eigenvalue weighted by Gasteiger charge is 2.09. The third-order valence-corrected chi connectivity index (χ3v) is 4.51. The Hall–Kier alpha value is -1.19. The first-order valence-electron chi connectivity index (χ1n) is 7.34. The third-order valence-electron chi connectivity index (χ3n) is 3.64. The van der Waals surface area contributed by atoms with Crippen LogP contribution in [0.3, 0.4) is 0 Å². The fourth-order valence-electron chi connectivity index (χ4n) is 2.16. The predicted octanol–water partition coefficient (Wildman–Crippen LogP) is 4.41. The largest absolute Gasteiger partial charge is 0.309 e. The average Bonchev–Trinajstić information content (AvgIpc) is 2.89. The molecule has 108 valence electrons. The highest BCUT2D eigenvalue weighted by atomic mass is 32.1. The van der Waals surface area contributed by atoms with Crippen molar-refractivity contribution in [2.75, 3.05) is 6.54 Å². The smallest absolute Gasteiger partial charge is 0.0972 e. The second kappa shape index (κ2) is 7.00. The van der Waals surface area contributed by atoms with Gasteiger partial charge in [0.25, 0.3) is 0 Å². The number of hydrogen-bond donors (Lipinski definition) is 1. The molecular formula is C17H24N2S. The van der Waals surface area contributed by atoms with E-state index in [-0.39, 0.29) is 0 Å². The lowest BCUT2D eigenvalue weighted by molar-refractivity contribution is 0.560. The van der Waals surface area contributed by atoms with Gasteiger partial charge in [-0.05, 0) is 50.4 Å². The van der Waals surface area contributed by atoms with Gasteiger partial charge in [-0.1, -0.05) is 25.1 Å². The van der Waals surface area contributed by atoms with Crippen molar-refractivity contribution in [1.29, 1.82) is 0 Å². The summed E-state index contributed by atoms with van der Waals surface area (Å²) in [5, 5.41) is 6.87. The summed E-state index contributed by atoms with van der Waals surface area (Å²) in [6.45, 7) is 9.74. The molecule has 0 saturated carbocycles. The lowest BCUT2D eigenvalue weighted by Crippen LogP contribution is -2.19. The molecule has 1 unspecified atom stereocenters. The van der Waals surface area contributed by atoms with Crippen molar-refractivity contribution in [3.05, 3.63) is 51.0 Å². The summed E-state index contributed by atoms with van der Waals surface area (Å²) in [6.07, 6.45) is 2.09. The lowest BCUT2D eigenvalue weighted by Gasteiger charge is -2.09. The minimum atomic E-state index is 0.347. The van der Waals surface area contributed by atoms with Crippen LogP contribution in [0.1, 0.15) is 53.7 Å². The van der Waals surface area contributed by atoms with E-state index in [9.17, 15) is 0 Å². The zero-order chi connectivity index (χ0) is 14.5. The summed E-state index contributed by atoms with van der Waals surface area (Å²) in [7, 11) is 0. The monoisotopic (exact) mass is 288 g/mol. The first kappa shape index (κ1) is 15.2. The number of nitrogens with one attached hydrogen (secondary N) is 1. The Morgan fingerprint density at radius 3 is 2.75 bits per heavy atom. The number of benzene rings is 1. The molecule has 0 bridgehead atoms. The van der Waals surface area contributed by atoms with E-state index in [0.29, 0.717) is 6.04 Å². The van der Waals surface area contributed by atoms with Crippen molar-refractivity contribution >= 4 is 11.3 Å². The molecule has 1 atom stereocenters. The predicted molar refractivity (Wildman–Crippen MR) is 87.5 cm³/mol. The molecule has 0 amide bonds. The summed E-state index contributed by atoms with van der Waals surface area (Å²) >= 11 is 1.77. The molecule has 0 aliphatic rings. The van der Waals surface area contributed by atoms with Crippen LogP contribution in [0.5, 0.6) is 0 Å². The highest BCUT2D eigenvalue weighted by molar-refractivity contribution is 7.09. The SMILES string of the molecule is CCCNC(C)c1csc(Cc2ccc(C)c(C)c2)n1. The summed E-state index contributed by atoms with van der Waals surface area (Å²) in [6, 6.07) is 7.03. The van der Waals surface area contributed by atoms with Crippen LogP contribution in [0, 0.1) is 13.8 Å². The molecule has 3 heteroatoms. The molecule has 0 spiro atoms. The normalized spacial score (nSPS) is 12.6. The van der Waals surface area contributed by atoms with Gasteiger partial charge in [-0.25, -0.2) is 4.98 Å². The second-order valence-electron chi connectivity index (χ2n) is 5.44. The van der Waals surface area contributed by atoms with Gasteiger partial charge in [0.05, 0.1) is 10.7 Å². The number of rotatable bonds is 6. The molecule has 2 nitrogen and oxygen atoms in total. The van der Waals surface area contributed by atoms with Crippen molar-refractivity contribution in [3.8, 4) is 0 Å². The van der Waals surface area contributed by atoms with E-state index in [1.165, 1.54) is 27.4 Å². The quantitative estimate of drug-likeness (QED) is 0.851. The number of nitrogens with zero attached hydrogens (tertiary/aromatic N) is 1. The van der Waals surface area contributed by atoms with E-state index < -0.39 is 0 Å². The van der Waals surface area contributed by atoms with Crippen LogP contribution in [0.15, 0.2) is 23.6 Å². The van der Waals surface area contributed by atoms with Gasteiger partial charge in [0.1, 0.15) is 0 Å². The van der Waals surface area contributed by atoms with Crippen LogP contribution >= 0.6 is 11.3 Å². The summed E-state index contributed by atoms with van der Waals surface area (Å²) in [4.78, 5) is 4.77. The van der Waals surface area contributed by atoms with Crippen LogP contribution in [0.25, 0.3) is 0 Å². The Labute approximate surface area is 126 Å². The van der Waals surface area contributed by atoms with Gasteiger partial charge in [-0.3, -0.25) is 0 Å². The Morgan fingerprint density at radius 2 is 2.05 bits per heavy atom. The zero-order valence-electron chi connectivity index (χ0n) is 12.9. The number of hydrogen-bond acceptors (Lipinski definition) is 3. The van der Waals surface area contributed by atoms with E-state index in [4.69, 9.17) is 4.98 Å². The maximum Gasteiger partial charge on any atom is 0.0972 e. The molecule has 0 aliphatic heterocycles. The summed E-state index contributed by atoms with van der Waals surface area (Å²) in [5.74, 6) is 0. The average molecular weight is 288 g/mol. The van der Waals surface area contributed by atoms with Crippen molar-refractivity contribution in [3.63, 3.8) is 0 Å². The fraction of sp³-hybridized carbons (Fsp3) is 0.471. The minimum Gasteiger partial charge on any atom is -0.309 e. The van der Waals surface area contributed by atoms with Crippen LogP contribution < -0.4 is 5.32 Å². The molecule has 20 heavy (non-hydrogen) atoms. The first-order chi connectivity index (χ1) is 9.60. The van der Waals surface area contributed by atoms with Gasteiger partial charge in [-0.2, -0.15) is 0 Å². The Morgan fingerprint density at radius 1 is 1.25 bits per heavy atom. The number of aryl methyl sites for hydroxylation is 2. The standard InChI is InChI=1S/C17H24N2S/c1-5-8-18-14(4)16-11-20-17(19-16)10-15-7-6-12(2)13(3)9-15/h6-7,9,11,14,18H,5,8,10H2,1-4H3. The molecular weight excluding hydrogens is 264 g/mol. The van der Waals surface area contributed by atoms with Crippen molar-refractivity contribution in [1.82, 2.24) is 10.3 Å². The molecule has 0 radical (unpaired) electrons. The Balaban J connectivity index is 2.03. The molecule has 1 N–H and O–H groups in total. The Bertz CT molecular complexity index is 560. The molecule has 1 aromatic carbocycles. The molecule has 0 aliphatic carbocycles. The lowest BCUT2D eigenvalue weighted by atomic mass is 10.0. The van der Waals surface area contributed by atoms with Gasteiger partial charge in [-0.15, -0.1) is 11.3 Å². The van der Waals surface area contributed by atoms with Crippen LogP contribution in [-0.2, 0) is 6.42 Å². The highest BCUT2D eigenvalue weighted by Crippen LogP contribution is 2.20. The van der Waals surface area contributed by atoms with Crippen LogP contribution in [0.2, 0.25) is 0 Å². The van der Waals surface area contributed by atoms with E-state index in [1.807, 2.05) is 0 Å². The number of aromatic nitrogens is 1. The van der Waals surface area contributed by atoms with Crippen LogP contribution in [0.4, 0.5) is 0 Å². The zero-order valence-corrected chi connectivity index (χ0v) is 13.7. The topological polar surface area (TPSA) is 24.9 Å². The third kappa shape index (κ3) is 3.90. The molecule has 0 fully saturated rings. The molecule has 2 rings (SSSR count). The van der Waals surface area contributed by atoms with Crippen molar-refractivity contribution in [2.45, 2.75) is 46.6 Å². The Kier molecular flexibility index (Phi) is 5.32. The molecule has 1 aromatic heterocycles. The molecule has 1 heterocycles. The molecule has 2 aromatic rings. The van der Waals surface area contributed by atoms with Crippen LogP contribution in [-0.4, -0.2) is 11.5 Å². The summed E-state index contributed by atoms with van der Waals surface area (Å²) in [5.41, 5.74) is 5.23. The van der Waals surface area contributed by atoms with E-state index in [0.717, 1.165) is 19.4 Å². The van der Waals surface area contributed by atoms with E-state index in [2.05, 4.69) is 56.6 Å². The number of thiazole rings is 1. The van der Waals surface area contributed by atoms with Crippen molar-refractivity contribution < 1.29 is 0 Å². The van der Waals surface area contributed by atoms with Gasteiger partial charge in [0, 0.05) is 17.8 Å². The fourth-order valence-corrected chi connectivity index (χ4v) is 3.08. The van der Waals surface area contributed by atoms with Gasteiger partial charge >= 0.3 is 0 Å². The van der Waals surface area contributed by atoms with Gasteiger partial charge < -0.3 is 5.32 Å². The second-order valence-corrected chi connectivity index (χ2v) is 6.38. The summed E-state index contributed by atoms with van der Waals surface area (Å²) < 4.78 is 0. The minimum absolute atomic E-state index is 0.347. The first-order valence-corrected chi connectivity index (χ1v) is 8.22. The van der Waals surface area contributed by atoms with Gasteiger partial charge in [0.2, 0.25) is 0 Å².